The number of urea groups is 1. The summed E-state index contributed by atoms with van der Waals surface area (Å²) in [5.41, 5.74) is -0.0444. The van der Waals surface area contributed by atoms with Gasteiger partial charge in [0.2, 0.25) is 5.91 Å². The van der Waals surface area contributed by atoms with Crippen LogP contribution < -0.4 is 20.8 Å². The monoisotopic (exact) mass is 550 g/mol. The number of carbonyl (C=O) groups is 2. The fourth-order valence-corrected chi connectivity index (χ4v) is 5.55. The number of halogens is 4. The molecule has 1 aliphatic heterocycles. The first-order valence-electron chi connectivity index (χ1n) is 11.3. The van der Waals surface area contributed by atoms with Crippen LogP contribution in [0.3, 0.4) is 0 Å². The van der Waals surface area contributed by atoms with Gasteiger partial charge in [-0.2, -0.15) is 0 Å². The molecule has 12 heteroatoms. The van der Waals surface area contributed by atoms with Crippen LogP contribution in [0.25, 0.3) is 11.1 Å². The van der Waals surface area contributed by atoms with E-state index in [0.29, 0.717) is 17.3 Å². The third-order valence-electron chi connectivity index (χ3n) is 5.91. The molecule has 1 fully saturated rings. The van der Waals surface area contributed by atoms with E-state index in [1.165, 1.54) is 12.1 Å². The summed E-state index contributed by atoms with van der Waals surface area (Å²) in [6.07, 6.45) is 1.79. The van der Waals surface area contributed by atoms with E-state index in [0.717, 1.165) is 17.2 Å². The van der Waals surface area contributed by atoms with Gasteiger partial charge in [-0.1, -0.05) is 35.9 Å². The number of pyridine rings is 1. The minimum atomic E-state index is -2.79. The number of carbonyl (C=O) groups excluding carboxylic acids is 2. The molecule has 4 rings (SSSR count). The molecule has 0 spiro atoms. The van der Waals surface area contributed by atoms with Crippen molar-refractivity contribution in [2.75, 3.05) is 30.1 Å². The van der Waals surface area contributed by atoms with Gasteiger partial charge < -0.3 is 14.8 Å². The SMILES string of the molecule is CP(C)(=O)c1ccccc1-c1ccc(N2CCCC(NC(=O)Nc3ncc(Cl)cc3F)C2=O)c(F)c1F. The Bertz CT molecular complexity index is 1430. The van der Waals surface area contributed by atoms with E-state index in [1.807, 2.05) is 0 Å². The van der Waals surface area contributed by atoms with Crippen molar-refractivity contribution in [2.24, 2.45) is 0 Å². The molecule has 0 bridgehead atoms. The van der Waals surface area contributed by atoms with Crippen LogP contribution in [0.1, 0.15) is 12.8 Å². The summed E-state index contributed by atoms with van der Waals surface area (Å²) in [5.74, 6) is -4.30. The van der Waals surface area contributed by atoms with Crippen LogP contribution in [-0.2, 0) is 9.36 Å². The fourth-order valence-electron chi connectivity index (χ4n) is 4.18. The van der Waals surface area contributed by atoms with Crippen LogP contribution in [0.15, 0.2) is 48.7 Å². The zero-order valence-electron chi connectivity index (χ0n) is 19.9. The van der Waals surface area contributed by atoms with Crippen molar-refractivity contribution in [3.05, 3.63) is 71.1 Å². The van der Waals surface area contributed by atoms with E-state index in [9.17, 15) is 18.5 Å². The molecule has 3 amide bonds. The Morgan fingerprint density at radius 2 is 1.84 bits per heavy atom. The molecule has 1 saturated heterocycles. The molecule has 194 valence electrons. The standard InChI is InChI=1S/C25H23ClF3N4O3P/c1-37(2,36)20-8-4-3-6-15(20)16-9-10-19(22(29)21(16)28)33-11-5-7-18(24(33)34)31-25(35)32-23-17(27)12-14(26)13-30-23/h3-4,6,8-10,12-13,18H,5,7,11H2,1-2H3,(H2,30,31,32,35). The smallest absolute Gasteiger partial charge is 0.321 e. The van der Waals surface area contributed by atoms with Gasteiger partial charge >= 0.3 is 6.03 Å². The third-order valence-corrected chi connectivity index (χ3v) is 7.67. The molecule has 1 aromatic heterocycles. The topological polar surface area (TPSA) is 91.4 Å². The lowest BCUT2D eigenvalue weighted by molar-refractivity contribution is -0.121. The quantitative estimate of drug-likeness (QED) is 0.417. The number of anilines is 2. The van der Waals surface area contributed by atoms with Crippen LogP contribution in [0.4, 0.5) is 29.5 Å². The number of benzene rings is 2. The summed E-state index contributed by atoms with van der Waals surface area (Å²) in [4.78, 5) is 30.2. The average molecular weight is 551 g/mol. The lowest BCUT2D eigenvalue weighted by atomic mass is 10.0. The maximum atomic E-state index is 15.3. The largest absolute Gasteiger partial charge is 0.326 e. The second-order valence-corrected chi connectivity index (χ2v) is 12.5. The normalized spacial score (nSPS) is 16.0. The maximum Gasteiger partial charge on any atom is 0.321 e. The molecule has 2 aromatic carbocycles. The van der Waals surface area contributed by atoms with Gasteiger partial charge in [-0.3, -0.25) is 10.1 Å². The number of piperidine rings is 1. The number of amides is 3. The summed E-state index contributed by atoms with van der Waals surface area (Å²) >= 11 is 5.65. The van der Waals surface area contributed by atoms with Crippen LogP contribution in [0.2, 0.25) is 5.02 Å². The lowest BCUT2D eigenvalue weighted by Gasteiger charge is -2.33. The van der Waals surface area contributed by atoms with Crippen LogP contribution in [0, 0.1) is 17.5 Å². The second kappa shape index (κ2) is 10.6. The van der Waals surface area contributed by atoms with Gasteiger partial charge in [-0.25, -0.2) is 22.9 Å². The Morgan fingerprint density at radius 1 is 1.11 bits per heavy atom. The van der Waals surface area contributed by atoms with Gasteiger partial charge in [0.05, 0.1) is 10.7 Å². The van der Waals surface area contributed by atoms with Crippen molar-refractivity contribution in [3.63, 3.8) is 0 Å². The molecule has 1 unspecified atom stereocenters. The predicted molar refractivity (Wildman–Crippen MR) is 138 cm³/mol. The molecule has 37 heavy (non-hydrogen) atoms. The van der Waals surface area contributed by atoms with E-state index in [2.05, 4.69) is 15.6 Å². The number of hydrogen-bond donors (Lipinski definition) is 2. The number of aromatic nitrogens is 1. The molecule has 1 atom stereocenters. The van der Waals surface area contributed by atoms with Gasteiger partial charge in [0.15, 0.2) is 23.3 Å². The van der Waals surface area contributed by atoms with Gasteiger partial charge in [0.25, 0.3) is 0 Å². The van der Waals surface area contributed by atoms with E-state index < -0.39 is 42.6 Å². The highest BCUT2D eigenvalue weighted by molar-refractivity contribution is 7.70. The summed E-state index contributed by atoms with van der Waals surface area (Å²) in [5, 5.41) is 5.09. The van der Waals surface area contributed by atoms with Gasteiger partial charge in [-0.05, 0) is 49.9 Å². The third kappa shape index (κ3) is 5.65. The molecule has 2 N–H and O–H groups in total. The molecule has 7 nitrogen and oxygen atoms in total. The first-order chi connectivity index (χ1) is 17.5. The molecule has 0 radical (unpaired) electrons. The zero-order valence-corrected chi connectivity index (χ0v) is 21.5. The minimum Gasteiger partial charge on any atom is -0.326 e. The van der Waals surface area contributed by atoms with E-state index in [1.54, 1.807) is 37.6 Å². The molecular formula is C25H23ClF3N4O3P. The number of rotatable bonds is 5. The zero-order chi connectivity index (χ0) is 26.9. The summed E-state index contributed by atoms with van der Waals surface area (Å²) < 4.78 is 57.2. The average Bonchev–Trinajstić information content (AvgIpc) is 2.84. The van der Waals surface area contributed by atoms with Crippen molar-refractivity contribution in [1.82, 2.24) is 10.3 Å². The molecular weight excluding hydrogens is 528 g/mol. The van der Waals surface area contributed by atoms with Crippen molar-refractivity contribution in [3.8, 4) is 11.1 Å². The predicted octanol–water partition coefficient (Wildman–Crippen LogP) is 5.38. The fraction of sp³-hybridized carbons (Fsp3) is 0.240. The molecule has 0 aliphatic carbocycles. The highest BCUT2D eigenvalue weighted by atomic mass is 35.5. The van der Waals surface area contributed by atoms with E-state index >= 15 is 8.78 Å². The van der Waals surface area contributed by atoms with Gasteiger partial charge in [-0.15, -0.1) is 0 Å². The Kier molecular flexibility index (Phi) is 7.62. The van der Waals surface area contributed by atoms with Gasteiger partial charge in [0, 0.05) is 23.6 Å². The summed E-state index contributed by atoms with van der Waals surface area (Å²) in [7, 11) is -2.79. The summed E-state index contributed by atoms with van der Waals surface area (Å²) in [6, 6.07) is 8.14. The first-order valence-corrected chi connectivity index (χ1v) is 14.3. The van der Waals surface area contributed by atoms with E-state index in [-0.39, 0.29) is 35.1 Å². The highest BCUT2D eigenvalue weighted by Gasteiger charge is 2.33. The Balaban J connectivity index is 1.56. The highest BCUT2D eigenvalue weighted by Crippen LogP contribution is 2.40. The van der Waals surface area contributed by atoms with Crippen molar-refractivity contribution < 1.29 is 27.3 Å². The Hall–Kier alpha value is -3.36. The number of nitrogens with one attached hydrogen (secondary N) is 2. The Morgan fingerprint density at radius 3 is 2.54 bits per heavy atom. The minimum absolute atomic E-state index is 0.0451. The van der Waals surface area contributed by atoms with Crippen molar-refractivity contribution >= 4 is 47.5 Å². The first kappa shape index (κ1) is 26.7. The second-order valence-electron chi connectivity index (χ2n) is 8.90. The van der Waals surface area contributed by atoms with Crippen molar-refractivity contribution in [1.29, 1.82) is 0 Å². The van der Waals surface area contributed by atoms with Crippen LogP contribution >= 0.6 is 18.7 Å². The lowest BCUT2D eigenvalue weighted by Crippen LogP contribution is -2.53. The van der Waals surface area contributed by atoms with Crippen LogP contribution in [0.5, 0.6) is 0 Å². The number of nitrogens with zero attached hydrogens (tertiary/aromatic N) is 2. The van der Waals surface area contributed by atoms with Gasteiger partial charge in [0.1, 0.15) is 13.2 Å². The summed E-state index contributed by atoms with van der Waals surface area (Å²) in [6.45, 7) is 3.19. The molecule has 1 aliphatic rings. The molecule has 0 saturated carbocycles. The Labute approximate surface area is 216 Å². The van der Waals surface area contributed by atoms with Crippen LogP contribution in [-0.4, -0.2) is 42.8 Å². The molecule has 3 aromatic rings. The van der Waals surface area contributed by atoms with Crippen molar-refractivity contribution in [2.45, 2.75) is 18.9 Å². The number of hydrogen-bond acceptors (Lipinski definition) is 4. The van der Waals surface area contributed by atoms with E-state index in [4.69, 9.17) is 11.6 Å². The maximum absolute atomic E-state index is 15.3. The molecule has 2 heterocycles.